The Morgan fingerprint density at radius 1 is 1.32 bits per heavy atom. The van der Waals surface area contributed by atoms with Crippen molar-refractivity contribution in [1.29, 1.82) is 0 Å². The number of nitrogens with zero attached hydrogens (tertiary/aromatic N) is 2. The standard InChI is InChI=1S/C15H18N2O2/c1-12-9-17(7-8-18-12)10-14-11-19-15(16-14)13-5-3-2-4-6-13/h2-6,11-12H,7-10H2,1H3. The van der Waals surface area contributed by atoms with Crippen molar-refractivity contribution in [3.8, 4) is 11.5 Å². The number of hydrogen-bond donors (Lipinski definition) is 0. The molecule has 1 aliphatic heterocycles. The minimum atomic E-state index is 0.300. The van der Waals surface area contributed by atoms with Gasteiger partial charge in [-0.05, 0) is 19.1 Å². The Labute approximate surface area is 113 Å². The van der Waals surface area contributed by atoms with E-state index in [1.807, 2.05) is 30.3 Å². The highest BCUT2D eigenvalue weighted by molar-refractivity contribution is 5.52. The summed E-state index contributed by atoms with van der Waals surface area (Å²) in [5, 5.41) is 0. The predicted molar refractivity (Wildman–Crippen MR) is 72.6 cm³/mol. The van der Waals surface area contributed by atoms with Gasteiger partial charge in [0, 0.05) is 25.2 Å². The van der Waals surface area contributed by atoms with Gasteiger partial charge < -0.3 is 9.15 Å². The molecule has 0 spiro atoms. The molecule has 3 rings (SSSR count). The molecule has 2 heterocycles. The van der Waals surface area contributed by atoms with E-state index in [2.05, 4.69) is 16.8 Å². The molecule has 0 N–H and O–H groups in total. The van der Waals surface area contributed by atoms with Crippen LogP contribution in [0.25, 0.3) is 11.5 Å². The maximum atomic E-state index is 5.55. The highest BCUT2D eigenvalue weighted by atomic mass is 16.5. The van der Waals surface area contributed by atoms with Crippen LogP contribution in [-0.2, 0) is 11.3 Å². The summed E-state index contributed by atoms with van der Waals surface area (Å²) in [5.41, 5.74) is 2.00. The van der Waals surface area contributed by atoms with Crippen LogP contribution in [0.15, 0.2) is 41.0 Å². The molecule has 100 valence electrons. The van der Waals surface area contributed by atoms with Crippen LogP contribution in [-0.4, -0.2) is 35.7 Å². The number of aromatic nitrogens is 1. The minimum absolute atomic E-state index is 0.300. The lowest BCUT2D eigenvalue weighted by Gasteiger charge is -2.30. The first kappa shape index (κ1) is 12.4. The van der Waals surface area contributed by atoms with Gasteiger partial charge in [-0.3, -0.25) is 4.90 Å². The summed E-state index contributed by atoms with van der Waals surface area (Å²) in [6.07, 6.45) is 2.05. The van der Waals surface area contributed by atoms with Gasteiger partial charge in [-0.1, -0.05) is 18.2 Å². The van der Waals surface area contributed by atoms with Gasteiger partial charge in [0.15, 0.2) is 0 Å². The normalized spacial score (nSPS) is 20.6. The van der Waals surface area contributed by atoms with E-state index in [4.69, 9.17) is 9.15 Å². The Morgan fingerprint density at radius 2 is 2.16 bits per heavy atom. The molecular formula is C15H18N2O2. The lowest BCUT2D eigenvalue weighted by Crippen LogP contribution is -2.40. The number of morpholine rings is 1. The lowest BCUT2D eigenvalue weighted by molar-refractivity contribution is -0.0215. The van der Waals surface area contributed by atoms with E-state index >= 15 is 0 Å². The zero-order chi connectivity index (χ0) is 13.1. The quantitative estimate of drug-likeness (QED) is 0.848. The third kappa shape index (κ3) is 3.03. The van der Waals surface area contributed by atoms with Crippen molar-refractivity contribution in [2.45, 2.75) is 19.6 Å². The van der Waals surface area contributed by atoms with Crippen LogP contribution in [0.4, 0.5) is 0 Å². The van der Waals surface area contributed by atoms with Gasteiger partial charge in [-0.15, -0.1) is 0 Å². The maximum Gasteiger partial charge on any atom is 0.226 e. The highest BCUT2D eigenvalue weighted by Crippen LogP contribution is 2.19. The molecule has 1 fully saturated rings. The fourth-order valence-electron chi connectivity index (χ4n) is 2.36. The molecule has 0 amide bonds. The van der Waals surface area contributed by atoms with E-state index in [-0.39, 0.29) is 0 Å². The summed E-state index contributed by atoms with van der Waals surface area (Å²) < 4.78 is 11.1. The van der Waals surface area contributed by atoms with E-state index in [1.54, 1.807) is 6.26 Å². The number of hydrogen-bond acceptors (Lipinski definition) is 4. The summed E-state index contributed by atoms with van der Waals surface area (Å²) in [6, 6.07) is 9.98. The van der Waals surface area contributed by atoms with Crippen molar-refractivity contribution in [2.24, 2.45) is 0 Å². The van der Waals surface area contributed by atoms with Crippen LogP contribution in [0.1, 0.15) is 12.6 Å². The van der Waals surface area contributed by atoms with Crippen LogP contribution in [0.3, 0.4) is 0 Å². The Hall–Kier alpha value is -1.65. The molecule has 1 aliphatic rings. The Balaban J connectivity index is 1.68. The van der Waals surface area contributed by atoms with Gasteiger partial charge in [-0.25, -0.2) is 4.98 Å². The number of ether oxygens (including phenoxy) is 1. The summed E-state index contributed by atoms with van der Waals surface area (Å²) in [4.78, 5) is 6.90. The Kier molecular flexibility index (Phi) is 3.62. The van der Waals surface area contributed by atoms with Gasteiger partial charge in [0.05, 0.1) is 18.4 Å². The molecule has 0 bridgehead atoms. The first-order chi connectivity index (χ1) is 9.31. The van der Waals surface area contributed by atoms with E-state index in [0.29, 0.717) is 12.0 Å². The molecular weight excluding hydrogens is 240 g/mol. The summed E-state index contributed by atoms with van der Waals surface area (Å²) >= 11 is 0. The van der Waals surface area contributed by atoms with Crippen LogP contribution in [0.5, 0.6) is 0 Å². The van der Waals surface area contributed by atoms with Crippen LogP contribution in [0.2, 0.25) is 0 Å². The SMILES string of the molecule is CC1CN(Cc2coc(-c3ccccc3)n2)CCO1. The zero-order valence-electron chi connectivity index (χ0n) is 11.1. The second-order valence-electron chi connectivity index (χ2n) is 4.93. The van der Waals surface area contributed by atoms with E-state index in [1.165, 1.54) is 0 Å². The number of benzene rings is 1. The molecule has 2 aromatic rings. The zero-order valence-corrected chi connectivity index (χ0v) is 11.1. The van der Waals surface area contributed by atoms with Gasteiger partial charge in [0.25, 0.3) is 0 Å². The molecule has 1 unspecified atom stereocenters. The van der Waals surface area contributed by atoms with Crippen molar-refractivity contribution < 1.29 is 9.15 Å². The number of rotatable bonds is 3. The largest absolute Gasteiger partial charge is 0.444 e. The monoisotopic (exact) mass is 258 g/mol. The maximum absolute atomic E-state index is 5.55. The predicted octanol–water partition coefficient (Wildman–Crippen LogP) is 2.56. The van der Waals surface area contributed by atoms with Crippen molar-refractivity contribution >= 4 is 0 Å². The molecule has 19 heavy (non-hydrogen) atoms. The summed E-state index contributed by atoms with van der Waals surface area (Å²) in [6.45, 7) is 5.63. The summed E-state index contributed by atoms with van der Waals surface area (Å²) in [5.74, 6) is 0.692. The summed E-state index contributed by atoms with van der Waals surface area (Å²) in [7, 11) is 0. The van der Waals surface area contributed by atoms with Crippen molar-refractivity contribution in [3.05, 3.63) is 42.3 Å². The van der Waals surface area contributed by atoms with Crippen LogP contribution < -0.4 is 0 Å². The third-order valence-corrected chi connectivity index (χ3v) is 3.28. The van der Waals surface area contributed by atoms with Crippen molar-refractivity contribution in [3.63, 3.8) is 0 Å². The van der Waals surface area contributed by atoms with E-state index in [0.717, 1.165) is 37.5 Å². The highest BCUT2D eigenvalue weighted by Gasteiger charge is 2.18. The Bertz CT molecular complexity index is 524. The van der Waals surface area contributed by atoms with Gasteiger partial charge in [0.1, 0.15) is 6.26 Å². The molecule has 4 nitrogen and oxygen atoms in total. The molecule has 1 aromatic heterocycles. The molecule has 1 saturated heterocycles. The van der Waals surface area contributed by atoms with Crippen LogP contribution >= 0.6 is 0 Å². The van der Waals surface area contributed by atoms with E-state index in [9.17, 15) is 0 Å². The number of oxazole rings is 1. The third-order valence-electron chi connectivity index (χ3n) is 3.28. The lowest BCUT2D eigenvalue weighted by atomic mass is 10.2. The van der Waals surface area contributed by atoms with E-state index < -0.39 is 0 Å². The topological polar surface area (TPSA) is 38.5 Å². The molecule has 1 atom stereocenters. The molecule has 1 aromatic carbocycles. The second kappa shape index (κ2) is 5.55. The average molecular weight is 258 g/mol. The van der Waals surface area contributed by atoms with Crippen molar-refractivity contribution in [2.75, 3.05) is 19.7 Å². The van der Waals surface area contributed by atoms with Crippen molar-refractivity contribution in [1.82, 2.24) is 9.88 Å². The fourth-order valence-corrected chi connectivity index (χ4v) is 2.36. The second-order valence-corrected chi connectivity index (χ2v) is 4.93. The smallest absolute Gasteiger partial charge is 0.226 e. The molecule has 0 saturated carbocycles. The fraction of sp³-hybridized carbons (Fsp3) is 0.400. The average Bonchev–Trinajstić information content (AvgIpc) is 2.88. The minimum Gasteiger partial charge on any atom is -0.444 e. The van der Waals surface area contributed by atoms with Gasteiger partial charge >= 0.3 is 0 Å². The van der Waals surface area contributed by atoms with Gasteiger partial charge in [-0.2, -0.15) is 0 Å². The Morgan fingerprint density at radius 3 is 2.95 bits per heavy atom. The first-order valence-corrected chi connectivity index (χ1v) is 6.65. The molecule has 0 radical (unpaired) electrons. The first-order valence-electron chi connectivity index (χ1n) is 6.65. The molecule has 0 aliphatic carbocycles. The van der Waals surface area contributed by atoms with Gasteiger partial charge in [0.2, 0.25) is 5.89 Å². The molecule has 4 heteroatoms. The van der Waals surface area contributed by atoms with Crippen LogP contribution in [0, 0.1) is 0 Å².